The van der Waals surface area contributed by atoms with Gasteiger partial charge in [-0.15, -0.1) is 21.5 Å². The highest BCUT2D eigenvalue weighted by Crippen LogP contribution is 2.35. The van der Waals surface area contributed by atoms with E-state index in [1.165, 1.54) is 19.3 Å². The lowest BCUT2D eigenvalue weighted by molar-refractivity contribution is 0.160. The number of hydrogen-bond donors (Lipinski definition) is 1. The maximum Gasteiger partial charge on any atom is 0.152 e. The average molecular weight is 394 g/mol. The summed E-state index contributed by atoms with van der Waals surface area (Å²) >= 11 is 1.62. The summed E-state index contributed by atoms with van der Waals surface area (Å²) in [4.78, 5) is 10.2. The van der Waals surface area contributed by atoms with Crippen LogP contribution in [0.15, 0.2) is 36.5 Å². The van der Waals surface area contributed by atoms with Crippen molar-refractivity contribution in [3.8, 4) is 27.4 Å². The molecule has 5 rings (SSSR count). The van der Waals surface area contributed by atoms with Gasteiger partial charge in [-0.25, -0.2) is 4.98 Å². The van der Waals surface area contributed by atoms with Crippen LogP contribution in [0.25, 0.3) is 21.7 Å². The molecule has 2 fully saturated rings. The SMILES string of the molecule is Cc1ncc(-c2ccc(-c3ccc(N4CCN(C5CCC5)C4)nn3)c(O)c2)s1. The van der Waals surface area contributed by atoms with Crippen LogP contribution in [0.5, 0.6) is 5.75 Å². The third-order valence-corrected chi connectivity index (χ3v) is 6.72. The molecule has 1 N–H and O–H groups in total. The van der Waals surface area contributed by atoms with Crippen LogP contribution >= 0.6 is 11.3 Å². The van der Waals surface area contributed by atoms with Gasteiger partial charge in [0.2, 0.25) is 0 Å². The zero-order valence-electron chi connectivity index (χ0n) is 15.9. The zero-order valence-corrected chi connectivity index (χ0v) is 16.7. The van der Waals surface area contributed by atoms with E-state index < -0.39 is 0 Å². The van der Waals surface area contributed by atoms with E-state index >= 15 is 0 Å². The number of anilines is 1. The van der Waals surface area contributed by atoms with Crippen LogP contribution in [0.2, 0.25) is 0 Å². The lowest BCUT2D eigenvalue weighted by atomic mass is 9.92. The molecule has 0 atom stereocenters. The molecule has 3 aromatic rings. The Hall–Kier alpha value is -2.51. The molecular formula is C21H23N5OS. The minimum Gasteiger partial charge on any atom is -0.507 e. The van der Waals surface area contributed by atoms with Crippen molar-refractivity contribution < 1.29 is 5.11 Å². The van der Waals surface area contributed by atoms with Crippen LogP contribution in [-0.4, -0.2) is 51.0 Å². The van der Waals surface area contributed by atoms with E-state index in [9.17, 15) is 5.11 Å². The molecule has 1 saturated carbocycles. The average Bonchev–Trinajstić information content (AvgIpc) is 3.30. The van der Waals surface area contributed by atoms with Crippen molar-refractivity contribution in [3.05, 3.63) is 41.5 Å². The van der Waals surface area contributed by atoms with E-state index in [1.807, 2.05) is 37.4 Å². The molecule has 1 aromatic carbocycles. The van der Waals surface area contributed by atoms with Crippen molar-refractivity contribution in [1.82, 2.24) is 20.1 Å². The Bertz CT molecular complexity index is 983. The second-order valence-electron chi connectivity index (χ2n) is 7.55. The third-order valence-electron chi connectivity index (χ3n) is 5.75. The van der Waals surface area contributed by atoms with Gasteiger partial charge in [0.05, 0.1) is 22.2 Å². The van der Waals surface area contributed by atoms with Crippen molar-refractivity contribution >= 4 is 17.2 Å². The molecule has 0 radical (unpaired) electrons. The van der Waals surface area contributed by atoms with Gasteiger partial charge in [-0.2, -0.15) is 0 Å². The monoisotopic (exact) mass is 393 g/mol. The van der Waals surface area contributed by atoms with E-state index in [4.69, 9.17) is 0 Å². The van der Waals surface area contributed by atoms with Crippen molar-refractivity contribution in [2.75, 3.05) is 24.7 Å². The Morgan fingerprint density at radius 2 is 2.00 bits per heavy atom. The van der Waals surface area contributed by atoms with Crippen molar-refractivity contribution in [1.29, 1.82) is 0 Å². The first kappa shape index (κ1) is 17.6. The smallest absolute Gasteiger partial charge is 0.152 e. The third kappa shape index (κ3) is 3.25. The summed E-state index contributed by atoms with van der Waals surface area (Å²) in [5.41, 5.74) is 2.34. The van der Waals surface area contributed by atoms with Crippen molar-refractivity contribution in [2.24, 2.45) is 0 Å². The molecule has 6 nitrogen and oxygen atoms in total. The largest absolute Gasteiger partial charge is 0.507 e. The van der Waals surface area contributed by atoms with Crippen LogP contribution in [0.1, 0.15) is 24.3 Å². The second kappa shape index (κ2) is 7.14. The molecule has 144 valence electrons. The quantitative estimate of drug-likeness (QED) is 0.725. The number of phenols is 1. The lowest BCUT2D eigenvalue weighted by Crippen LogP contribution is -2.39. The van der Waals surface area contributed by atoms with E-state index in [0.717, 1.165) is 47.1 Å². The number of aromatic nitrogens is 3. The summed E-state index contributed by atoms with van der Waals surface area (Å²) in [6, 6.07) is 10.4. The molecule has 0 spiro atoms. The number of thiazole rings is 1. The van der Waals surface area contributed by atoms with E-state index in [1.54, 1.807) is 17.4 Å². The van der Waals surface area contributed by atoms with Crippen molar-refractivity contribution in [3.63, 3.8) is 0 Å². The molecule has 2 aliphatic rings. The Labute approximate surface area is 168 Å². The molecule has 3 heterocycles. The Morgan fingerprint density at radius 3 is 2.64 bits per heavy atom. The summed E-state index contributed by atoms with van der Waals surface area (Å²) < 4.78 is 0. The minimum absolute atomic E-state index is 0.211. The fourth-order valence-corrected chi connectivity index (χ4v) is 4.65. The van der Waals surface area contributed by atoms with Gasteiger partial charge in [-0.1, -0.05) is 12.5 Å². The highest BCUT2D eigenvalue weighted by molar-refractivity contribution is 7.15. The normalized spacial score (nSPS) is 17.8. The number of aryl methyl sites for hydroxylation is 1. The van der Waals surface area contributed by atoms with Gasteiger partial charge in [-0.05, 0) is 49.6 Å². The molecule has 0 amide bonds. The van der Waals surface area contributed by atoms with Gasteiger partial charge < -0.3 is 10.0 Å². The zero-order chi connectivity index (χ0) is 19.1. The first-order chi connectivity index (χ1) is 13.7. The molecule has 1 aliphatic heterocycles. The Kier molecular flexibility index (Phi) is 4.49. The second-order valence-corrected chi connectivity index (χ2v) is 8.79. The maximum atomic E-state index is 10.5. The number of aromatic hydroxyl groups is 1. The number of benzene rings is 1. The van der Waals surface area contributed by atoms with Crippen LogP contribution in [0, 0.1) is 6.92 Å². The van der Waals surface area contributed by atoms with Crippen molar-refractivity contribution in [2.45, 2.75) is 32.2 Å². The fourth-order valence-electron chi connectivity index (χ4n) is 3.88. The lowest BCUT2D eigenvalue weighted by Gasteiger charge is -2.34. The highest BCUT2D eigenvalue weighted by Gasteiger charge is 2.30. The predicted molar refractivity (Wildman–Crippen MR) is 112 cm³/mol. The van der Waals surface area contributed by atoms with Gasteiger partial charge in [0.15, 0.2) is 5.82 Å². The molecule has 28 heavy (non-hydrogen) atoms. The topological polar surface area (TPSA) is 65.4 Å². The van der Waals surface area contributed by atoms with Gasteiger partial charge in [-0.3, -0.25) is 4.90 Å². The summed E-state index contributed by atoms with van der Waals surface area (Å²) in [5, 5.41) is 20.3. The maximum absolute atomic E-state index is 10.5. The predicted octanol–water partition coefficient (Wildman–Crippen LogP) is 3.91. The van der Waals surface area contributed by atoms with Crippen LogP contribution in [0.4, 0.5) is 5.82 Å². The highest BCUT2D eigenvalue weighted by atomic mass is 32.1. The first-order valence-electron chi connectivity index (χ1n) is 9.76. The first-order valence-corrected chi connectivity index (χ1v) is 10.6. The fraction of sp³-hybridized carbons (Fsp3) is 0.381. The van der Waals surface area contributed by atoms with Gasteiger partial charge in [0.25, 0.3) is 0 Å². The van der Waals surface area contributed by atoms with Gasteiger partial charge in [0, 0.05) is 30.9 Å². The number of nitrogens with zero attached hydrogens (tertiary/aromatic N) is 5. The molecule has 7 heteroatoms. The molecule has 1 aliphatic carbocycles. The summed E-state index contributed by atoms with van der Waals surface area (Å²) in [6.07, 6.45) is 5.86. The van der Waals surface area contributed by atoms with E-state index in [2.05, 4.69) is 25.0 Å². The standard InChI is InChI=1S/C21H23N5OS/c1-14-22-12-20(28-14)15-5-6-17(19(27)11-15)18-7-8-21(24-23-18)26-10-9-25(13-26)16-3-2-4-16/h5-8,11-12,16,27H,2-4,9-10,13H2,1H3. The van der Waals surface area contributed by atoms with E-state index in [-0.39, 0.29) is 5.75 Å². The van der Waals surface area contributed by atoms with E-state index in [0.29, 0.717) is 11.3 Å². The minimum atomic E-state index is 0.211. The Morgan fingerprint density at radius 1 is 1.11 bits per heavy atom. The number of rotatable bonds is 4. The van der Waals surface area contributed by atoms with Crippen LogP contribution in [-0.2, 0) is 0 Å². The van der Waals surface area contributed by atoms with Gasteiger partial charge >= 0.3 is 0 Å². The number of hydrogen-bond acceptors (Lipinski definition) is 7. The molecule has 0 unspecified atom stereocenters. The van der Waals surface area contributed by atoms with Crippen LogP contribution in [0.3, 0.4) is 0 Å². The molecule has 1 saturated heterocycles. The summed E-state index contributed by atoms with van der Waals surface area (Å²) in [7, 11) is 0. The summed E-state index contributed by atoms with van der Waals surface area (Å²) in [6.45, 7) is 5.02. The molecular weight excluding hydrogens is 370 g/mol. The van der Waals surface area contributed by atoms with Crippen LogP contribution < -0.4 is 4.90 Å². The van der Waals surface area contributed by atoms with Gasteiger partial charge in [0.1, 0.15) is 5.75 Å². The summed E-state index contributed by atoms with van der Waals surface area (Å²) in [5.74, 6) is 1.12. The Balaban J connectivity index is 1.33. The number of phenolic OH excluding ortho intramolecular Hbond substituents is 1. The molecule has 0 bridgehead atoms. The molecule has 2 aromatic heterocycles.